The van der Waals surface area contributed by atoms with Crippen LogP contribution in [-0.2, 0) is 0 Å². The summed E-state index contributed by atoms with van der Waals surface area (Å²) in [6, 6.07) is 4.18. The molecule has 1 N–H and O–H groups in total. The maximum atomic E-state index is 4.31. The van der Waals surface area contributed by atoms with E-state index >= 15 is 0 Å². The molecule has 0 aliphatic rings. The molecule has 0 radical (unpaired) electrons. The molecule has 2 heteroatoms. The Morgan fingerprint density at radius 1 is 1.54 bits per heavy atom. The maximum Gasteiger partial charge on any atom is 0.137 e. The summed E-state index contributed by atoms with van der Waals surface area (Å²) in [5.74, 6) is 0. The van der Waals surface area contributed by atoms with Crippen LogP contribution in [0.4, 0.5) is 0 Å². The van der Waals surface area contributed by atoms with E-state index in [1.165, 1.54) is 16.5 Å². The van der Waals surface area contributed by atoms with Crippen LogP contribution in [0, 0.1) is 0 Å². The van der Waals surface area contributed by atoms with Crippen LogP contribution in [0.5, 0.6) is 0 Å². The molecule has 0 saturated carbocycles. The second-order valence-electron chi connectivity index (χ2n) is 3.11. The van der Waals surface area contributed by atoms with Crippen LogP contribution in [-0.4, -0.2) is 9.97 Å². The third kappa shape index (κ3) is 1.35. The largest absolute Gasteiger partial charge is 0.346 e. The van der Waals surface area contributed by atoms with Crippen molar-refractivity contribution in [3.63, 3.8) is 0 Å². The lowest BCUT2D eigenvalue weighted by Crippen LogP contribution is -1.82. The molecule has 2 rings (SSSR count). The quantitative estimate of drug-likeness (QED) is 0.703. The number of hydrogen-bond acceptors (Lipinski definition) is 1. The molecule has 0 aromatic carbocycles. The Kier molecular flexibility index (Phi) is 1.89. The minimum Gasteiger partial charge on any atom is -0.346 e. The summed E-state index contributed by atoms with van der Waals surface area (Å²) in [7, 11) is 0. The standard InChI is InChI=1S/C11H12N2/c1-3-8(2)10-6-9-4-5-12-11(9)13-7-10/h3-7H,1-2H3,(H,12,13). The number of H-pyrrole nitrogens is 1. The average molecular weight is 172 g/mol. The van der Waals surface area contributed by atoms with E-state index in [9.17, 15) is 0 Å². The number of nitrogens with one attached hydrogen (secondary N) is 1. The van der Waals surface area contributed by atoms with Gasteiger partial charge in [0.05, 0.1) is 0 Å². The van der Waals surface area contributed by atoms with Gasteiger partial charge < -0.3 is 4.98 Å². The van der Waals surface area contributed by atoms with E-state index in [1.54, 1.807) is 0 Å². The Balaban J connectivity index is 2.60. The van der Waals surface area contributed by atoms with Crippen LogP contribution >= 0.6 is 0 Å². The lowest BCUT2D eigenvalue weighted by atomic mass is 10.1. The first-order valence-electron chi connectivity index (χ1n) is 4.37. The number of allylic oxidation sites excluding steroid dienone is 2. The fourth-order valence-electron chi connectivity index (χ4n) is 1.32. The van der Waals surface area contributed by atoms with Gasteiger partial charge in [0.25, 0.3) is 0 Å². The highest BCUT2D eigenvalue weighted by Gasteiger charge is 1.98. The van der Waals surface area contributed by atoms with E-state index in [0.29, 0.717) is 0 Å². The first-order chi connectivity index (χ1) is 6.31. The number of aromatic amines is 1. The van der Waals surface area contributed by atoms with Crippen LogP contribution in [0.25, 0.3) is 16.6 Å². The van der Waals surface area contributed by atoms with E-state index in [0.717, 1.165) is 5.65 Å². The molecule has 13 heavy (non-hydrogen) atoms. The Hall–Kier alpha value is -1.57. The van der Waals surface area contributed by atoms with E-state index < -0.39 is 0 Å². The molecule has 0 bridgehead atoms. The van der Waals surface area contributed by atoms with Gasteiger partial charge in [-0.1, -0.05) is 6.08 Å². The summed E-state index contributed by atoms with van der Waals surface area (Å²) < 4.78 is 0. The van der Waals surface area contributed by atoms with Gasteiger partial charge in [-0.25, -0.2) is 4.98 Å². The molecule has 0 aliphatic carbocycles. The van der Waals surface area contributed by atoms with Gasteiger partial charge in [-0.05, 0) is 37.1 Å². The van der Waals surface area contributed by atoms with Gasteiger partial charge in [-0.2, -0.15) is 0 Å². The molecular formula is C11H12N2. The monoisotopic (exact) mass is 172 g/mol. The van der Waals surface area contributed by atoms with Crippen molar-refractivity contribution in [3.05, 3.63) is 36.2 Å². The average Bonchev–Trinajstić information content (AvgIpc) is 2.63. The van der Waals surface area contributed by atoms with E-state index in [1.807, 2.05) is 25.4 Å². The summed E-state index contributed by atoms with van der Waals surface area (Å²) in [6.07, 6.45) is 5.90. The number of aromatic nitrogens is 2. The molecule has 0 saturated heterocycles. The van der Waals surface area contributed by atoms with Crippen molar-refractivity contribution in [1.82, 2.24) is 9.97 Å². The van der Waals surface area contributed by atoms with Gasteiger partial charge in [0.1, 0.15) is 5.65 Å². The number of fused-ring (bicyclic) bond motifs is 1. The van der Waals surface area contributed by atoms with Gasteiger partial charge >= 0.3 is 0 Å². The van der Waals surface area contributed by atoms with Crippen LogP contribution in [0.15, 0.2) is 30.6 Å². The van der Waals surface area contributed by atoms with Gasteiger partial charge in [0.15, 0.2) is 0 Å². The number of hydrogen-bond donors (Lipinski definition) is 1. The lowest BCUT2D eigenvalue weighted by Gasteiger charge is -1.99. The minimum absolute atomic E-state index is 0.952. The molecule has 0 aliphatic heterocycles. The second kappa shape index (κ2) is 3.05. The molecule has 2 heterocycles. The molecule has 66 valence electrons. The summed E-state index contributed by atoms with van der Waals surface area (Å²) in [6.45, 7) is 4.13. The highest BCUT2D eigenvalue weighted by molar-refractivity contribution is 5.79. The normalized spacial score (nSPS) is 12.3. The van der Waals surface area contributed by atoms with Crippen LogP contribution in [0.3, 0.4) is 0 Å². The fourth-order valence-corrected chi connectivity index (χ4v) is 1.32. The van der Waals surface area contributed by atoms with Gasteiger partial charge in [0.2, 0.25) is 0 Å². The van der Waals surface area contributed by atoms with Crippen molar-refractivity contribution in [2.75, 3.05) is 0 Å². The van der Waals surface area contributed by atoms with Gasteiger partial charge in [0, 0.05) is 17.8 Å². The predicted molar refractivity (Wildman–Crippen MR) is 55.4 cm³/mol. The number of pyridine rings is 1. The number of nitrogens with zero attached hydrogens (tertiary/aromatic N) is 1. The van der Waals surface area contributed by atoms with Gasteiger partial charge in [-0.15, -0.1) is 0 Å². The summed E-state index contributed by atoms with van der Waals surface area (Å²) in [5.41, 5.74) is 3.40. The van der Waals surface area contributed by atoms with E-state index in [4.69, 9.17) is 0 Å². The van der Waals surface area contributed by atoms with Crippen molar-refractivity contribution >= 4 is 16.6 Å². The first kappa shape index (κ1) is 8.05. The Morgan fingerprint density at radius 2 is 2.38 bits per heavy atom. The molecule has 2 nitrogen and oxygen atoms in total. The highest BCUT2D eigenvalue weighted by Crippen LogP contribution is 2.17. The Morgan fingerprint density at radius 3 is 3.15 bits per heavy atom. The number of rotatable bonds is 1. The summed E-state index contributed by atoms with van der Waals surface area (Å²) >= 11 is 0. The second-order valence-corrected chi connectivity index (χ2v) is 3.11. The van der Waals surface area contributed by atoms with Crippen molar-refractivity contribution < 1.29 is 0 Å². The van der Waals surface area contributed by atoms with Crippen LogP contribution in [0.2, 0.25) is 0 Å². The third-order valence-corrected chi connectivity index (χ3v) is 2.29. The Bertz CT molecular complexity index is 452. The zero-order chi connectivity index (χ0) is 9.26. The summed E-state index contributed by atoms with van der Waals surface area (Å²) in [5, 5.41) is 1.17. The maximum absolute atomic E-state index is 4.31. The lowest BCUT2D eigenvalue weighted by molar-refractivity contribution is 1.31. The van der Waals surface area contributed by atoms with Crippen molar-refractivity contribution in [3.8, 4) is 0 Å². The SMILES string of the molecule is CC=C(C)c1cnc2[nH]ccc2c1. The molecule has 0 atom stereocenters. The van der Waals surface area contributed by atoms with Crippen molar-refractivity contribution in [1.29, 1.82) is 0 Å². The zero-order valence-electron chi connectivity index (χ0n) is 7.83. The fraction of sp³-hybridized carbons (Fsp3) is 0.182. The van der Waals surface area contributed by atoms with E-state index in [-0.39, 0.29) is 0 Å². The highest BCUT2D eigenvalue weighted by atomic mass is 14.8. The van der Waals surface area contributed by atoms with Crippen molar-refractivity contribution in [2.24, 2.45) is 0 Å². The van der Waals surface area contributed by atoms with Crippen molar-refractivity contribution in [2.45, 2.75) is 13.8 Å². The zero-order valence-corrected chi connectivity index (χ0v) is 7.83. The predicted octanol–water partition coefficient (Wildman–Crippen LogP) is 2.99. The third-order valence-electron chi connectivity index (χ3n) is 2.29. The molecule has 2 aromatic rings. The molecule has 2 aromatic heterocycles. The smallest absolute Gasteiger partial charge is 0.137 e. The first-order valence-corrected chi connectivity index (χ1v) is 4.37. The van der Waals surface area contributed by atoms with Crippen LogP contribution in [0.1, 0.15) is 19.4 Å². The van der Waals surface area contributed by atoms with Gasteiger partial charge in [-0.3, -0.25) is 0 Å². The molecule has 0 unspecified atom stereocenters. The van der Waals surface area contributed by atoms with E-state index in [2.05, 4.69) is 29.0 Å². The molecule has 0 fully saturated rings. The molecular weight excluding hydrogens is 160 g/mol. The summed E-state index contributed by atoms with van der Waals surface area (Å²) in [4.78, 5) is 7.39. The van der Waals surface area contributed by atoms with Crippen LogP contribution < -0.4 is 0 Å². The minimum atomic E-state index is 0.952. The molecule has 0 spiro atoms. The topological polar surface area (TPSA) is 28.7 Å². The molecule has 0 amide bonds. The Labute approximate surface area is 77.3 Å².